The van der Waals surface area contributed by atoms with Crippen LogP contribution < -0.4 is 4.74 Å². The van der Waals surface area contributed by atoms with E-state index in [9.17, 15) is 13.2 Å². The molecule has 0 saturated carbocycles. The summed E-state index contributed by atoms with van der Waals surface area (Å²) in [6.45, 7) is 3.73. The number of carboxylic acid groups (broad SMARTS) is 1. The van der Waals surface area contributed by atoms with Crippen molar-refractivity contribution >= 4 is 5.97 Å². The van der Waals surface area contributed by atoms with Crippen LogP contribution in [0.2, 0.25) is 0 Å². The van der Waals surface area contributed by atoms with Crippen molar-refractivity contribution in [2.45, 2.75) is 37.3 Å². The monoisotopic (exact) mass is 391 g/mol. The smallest absolute Gasteiger partial charge is 0.490 e. The molecule has 2 aliphatic heterocycles. The number of nitrogens with zero attached hydrogens (tertiary/aromatic N) is 1. The summed E-state index contributed by atoms with van der Waals surface area (Å²) in [5.74, 6) is -1.79. The van der Waals surface area contributed by atoms with E-state index in [1.807, 2.05) is 12.1 Å². The van der Waals surface area contributed by atoms with Crippen molar-refractivity contribution in [2.75, 3.05) is 33.9 Å². The fourth-order valence-electron chi connectivity index (χ4n) is 3.38. The van der Waals surface area contributed by atoms with Gasteiger partial charge in [0.2, 0.25) is 0 Å². The number of para-hydroxylation sites is 1. The summed E-state index contributed by atoms with van der Waals surface area (Å²) in [7, 11) is 3.50. The summed E-state index contributed by atoms with van der Waals surface area (Å²) < 4.78 is 48.6. The number of hydrogen-bond acceptors (Lipinski definition) is 5. The van der Waals surface area contributed by atoms with Crippen LogP contribution >= 0.6 is 0 Å². The molecule has 0 bridgehead atoms. The Morgan fingerprint density at radius 1 is 1.37 bits per heavy atom. The van der Waals surface area contributed by atoms with Gasteiger partial charge in [0, 0.05) is 38.7 Å². The van der Waals surface area contributed by atoms with Gasteiger partial charge in [-0.25, -0.2) is 4.79 Å². The summed E-state index contributed by atoms with van der Waals surface area (Å²) in [6, 6.07) is 8.24. The first-order chi connectivity index (χ1) is 12.7. The van der Waals surface area contributed by atoms with Gasteiger partial charge in [-0.05, 0) is 12.5 Å². The van der Waals surface area contributed by atoms with Gasteiger partial charge in [0.15, 0.2) is 0 Å². The second kappa shape index (κ2) is 8.90. The molecular weight excluding hydrogens is 367 g/mol. The number of ether oxygens (including phenoxy) is 3. The van der Waals surface area contributed by atoms with Gasteiger partial charge >= 0.3 is 12.1 Å². The lowest BCUT2D eigenvalue weighted by Crippen LogP contribution is -2.32. The van der Waals surface area contributed by atoms with Crippen LogP contribution in [0.25, 0.3) is 0 Å². The maximum atomic E-state index is 10.6. The Labute approximate surface area is 155 Å². The van der Waals surface area contributed by atoms with Crippen molar-refractivity contribution in [3.63, 3.8) is 0 Å². The first-order valence-corrected chi connectivity index (χ1v) is 8.50. The van der Waals surface area contributed by atoms with Crippen LogP contribution in [-0.2, 0) is 20.8 Å². The van der Waals surface area contributed by atoms with Gasteiger partial charge in [-0.1, -0.05) is 18.2 Å². The van der Waals surface area contributed by atoms with Crippen molar-refractivity contribution in [1.29, 1.82) is 0 Å². The average Bonchev–Trinajstić information content (AvgIpc) is 3.21. The third-order valence-electron chi connectivity index (χ3n) is 4.73. The van der Waals surface area contributed by atoms with E-state index < -0.39 is 12.1 Å². The Kier molecular flexibility index (Phi) is 7.07. The number of alkyl halides is 3. The van der Waals surface area contributed by atoms with E-state index in [1.54, 1.807) is 14.2 Å². The van der Waals surface area contributed by atoms with E-state index in [4.69, 9.17) is 24.1 Å². The number of carbonyl (C=O) groups is 1. The van der Waals surface area contributed by atoms with Crippen LogP contribution in [0.3, 0.4) is 0 Å². The molecule has 1 aromatic carbocycles. The lowest BCUT2D eigenvalue weighted by atomic mass is 9.98. The van der Waals surface area contributed by atoms with Gasteiger partial charge in [-0.15, -0.1) is 0 Å². The van der Waals surface area contributed by atoms with Crippen molar-refractivity contribution in [1.82, 2.24) is 4.90 Å². The highest BCUT2D eigenvalue weighted by Crippen LogP contribution is 2.37. The molecule has 1 spiro atoms. The van der Waals surface area contributed by atoms with Crippen LogP contribution in [-0.4, -0.2) is 67.8 Å². The quantitative estimate of drug-likeness (QED) is 0.851. The molecule has 0 aromatic heterocycles. The van der Waals surface area contributed by atoms with E-state index in [1.165, 1.54) is 5.56 Å². The van der Waals surface area contributed by atoms with Crippen LogP contribution in [0.1, 0.15) is 18.4 Å². The van der Waals surface area contributed by atoms with Gasteiger partial charge < -0.3 is 19.3 Å². The molecule has 0 radical (unpaired) electrons. The number of halogens is 3. The summed E-state index contributed by atoms with van der Waals surface area (Å²) in [5, 5.41) is 7.12. The molecule has 9 heteroatoms. The van der Waals surface area contributed by atoms with Gasteiger partial charge in [0.1, 0.15) is 5.75 Å². The van der Waals surface area contributed by atoms with E-state index >= 15 is 0 Å². The normalized spacial score (nSPS) is 25.3. The van der Waals surface area contributed by atoms with Crippen molar-refractivity contribution < 1.29 is 37.3 Å². The Morgan fingerprint density at radius 3 is 2.59 bits per heavy atom. The predicted octanol–water partition coefficient (Wildman–Crippen LogP) is 2.71. The fourth-order valence-corrected chi connectivity index (χ4v) is 3.38. The van der Waals surface area contributed by atoms with Crippen LogP contribution in [0, 0.1) is 0 Å². The maximum absolute atomic E-state index is 10.6. The van der Waals surface area contributed by atoms with Gasteiger partial charge in [-0.3, -0.25) is 4.90 Å². The van der Waals surface area contributed by atoms with Crippen LogP contribution in [0.5, 0.6) is 5.75 Å². The number of aliphatic carboxylic acids is 1. The molecule has 2 fully saturated rings. The lowest BCUT2D eigenvalue weighted by Gasteiger charge is -2.23. The minimum absolute atomic E-state index is 0.0166. The van der Waals surface area contributed by atoms with Crippen molar-refractivity contribution in [2.24, 2.45) is 0 Å². The minimum Gasteiger partial charge on any atom is -0.496 e. The Balaban J connectivity index is 0.000000321. The summed E-state index contributed by atoms with van der Waals surface area (Å²) in [5.41, 5.74) is 1.26. The molecule has 2 atom stereocenters. The van der Waals surface area contributed by atoms with E-state index in [0.717, 1.165) is 44.8 Å². The highest BCUT2D eigenvalue weighted by Gasteiger charge is 2.45. The second-order valence-electron chi connectivity index (χ2n) is 6.63. The molecule has 1 aromatic rings. The van der Waals surface area contributed by atoms with Crippen LogP contribution in [0.4, 0.5) is 13.2 Å². The topological polar surface area (TPSA) is 68.2 Å². The summed E-state index contributed by atoms with van der Waals surface area (Å²) in [4.78, 5) is 11.4. The number of rotatable bonds is 4. The molecule has 0 unspecified atom stereocenters. The van der Waals surface area contributed by atoms with E-state index in [0.29, 0.717) is 0 Å². The number of benzene rings is 1. The largest absolute Gasteiger partial charge is 0.496 e. The molecule has 6 nitrogen and oxygen atoms in total. The predicted molar refractivity (Wildman–Crippen MR) is 90.7 cm³/mol. The Hall–Kier alpha value is -1.84. The molecule has 2 heterocycles. The summed E-state index contributed by atoms with van der Waals surface area (Å²) in [6.07, 6.45) is -2.70. The highest BCUT2D eigenvalue weighted by atomic mass is 19.4. The lowest BCUT2D eigenvalue weighted by molar-refractivity contribution is -0.192. The van der Waals surface area contributed by atoms with Gasteiger partial charge in [0.05, 0.1) is 25.4 Å². The molecule has 3 rings (SSSR count). The SMILES string of the molecule is COc1ccccc1CN1CC[C@]2(C[C@H](OC)CO2)C1.O=C(O)C(F)(F)F. The van der Waals surface area contributed by atoms with Crippen molar-refractivity contribution in [3.8, 4) is 5.75 Å². The Morgan fingerprint density at radius 2 is 2.04 bits per heavy atom. The first-order valence-electron chi connectivity index (χ1n) is 8.50. The zero-order chi connectivity index (χ0) is 20.1. The minimum atomic E-state index is -5.08. The number of carboxylic acids is 1. The molecule has 2 aliphatic rings. The fraction of sp³-hybridized carbons (Fsp3) is 0.611. The maximum Gasteiger partial charge on any atom is 0.490 e. The average molecular weight is 391 g/mol. The first kappa shape index (κ1) is 21.5. The van der Waals surface area contributed by atoms with E-state index in [2.05, 4.69) is 17.0 Å². The molecule has 27 heavy (non-hydrogen) atoms. The number of hydrogen-bond donors (Lipinski definition) is 1. The molecular formula is C18H24F3NO5. The third kappa shape index (κ3) is 5.82. The highest BCUT2D eigenvalue weighted by molar-refractivity contribution is 5.73. The van der Waals surface area contributed by atoms with Gasteiger partial charge in [0.25, 0.3) is 0 Å². The van der Waals surface area contributed by atoms with Crippen LogP contribution in [0.15, 0.2) is 24.3 Å². The van der Waals surface area contributed by atoms with Crippen molar-refractivity contribution in [3.05, 3.63) is 29.8 Å². The van der Waals surface area contributed by atoms with E-state index in [-0.39, 0.29) is 11.7 Å². The molecule has 152 valence electrons. The van der Waals surface area contributed by atoms with Gasteiger partial charge in [-0.2, -0.15) is 13.2 Å². The summed E-state index contributed by atoms with van der Waals surface area (Å²) >= 11 is 0. The third-order valence-corrected chi connectivity index (χ3v) is 4.73. The zero-order valence-corrected chi connectivity index (χ0v) is 15.3. The molecule has 0 amide bonds. The number of methoxy groups -OCH3 is 2. The Bertz CT molecular complexity index is 640. The zero-order valence-electron chi connectivity index (χ0n) is 15.3. The number of likely N-dealkylation sites (tertiary alicyclic amines) is 1. The molecule has 2 saturated heterocycles. The standard InChI is InChI=1S/C16H23NO3.C2HF3O2/c1-18-14-9-16(20-11-14)7-8-17(12-16)10-13-5-3-4-6-15(13)19-2;3-2(4,5)1(6)7/h3-6,14H,7-12H2,1-2H3;(H,6,7)/t14-,16-;/m0./s1. The molecule has 1 N–H and O–H groups in total. The second-order valence-corrected chi connectivity index (χ2v) is 6.63. The molecule has 0 aliphatic carbocycles.